The highest BCUT2D eigenvalue weighted by Gasteiger charge is 2.51. The van der Waals surface area contributed by atoms with Crippen LogP contribution in [0.3, 0.4) is 0 Å². The molecule has 2 saturated heterocycles. The lowest BCUT2D eigenvalue weighted by Gasteiger charge is -2.32. The minimum atomic E-state index is -0.679. The molecule has 33 heavy (non-hydrogen) atoms. The number of rotatable bonds is 4. The molecule has 2 aliphatic rings. The van der Waals surface area contributed by atoms with Gasteiger partial charge in [0, 0.05) is 19.6 Å². The summed E-state index contributed by atoms with van der Waals surface area (Å²) >= 11 is 0. The second-order valence-corrected chi connectivity index (χ2v) is 10.9. The number of benzene rings is 1. The van der Waals surface area contributed by atoms with Crippen LogP contribution < -0.4 is 10.8 Å². The van der Waals surface area contributed by atoms with Crippen molar-refractivity contribution >= 4 is 24.6 Å². The van der Waals surface area contributed by atoms with Gasteiger partial charge in [0.1, 0.15) is 11.4 Å². The summed E-state index contributed by atoms with van der Waals surface area (Å²) in [5.74, 6) is -0.662. The zero-order valence-electron chi connectivity index (χ0n) is 20.8. The minimum absolute atomic E-state index is 0.0422. The van der Waals surface area contributed by atoms with Crippen LogP contribution in [0, 0.1) is 11.7 Å². The first-order valence-electron chi connectivity index (χ1n) is 11.6. The third-order valence-electron chi connectivity index (χ3n) is 6.58. The maximum atomic E-state index is 14.9. The molecule has 1 N–H and O–H groups in total. The lowest BCUT2D eigenvalue weighted by molar-refractivity contribution is 0.00578. The van der Waals surface area contributed by atoms with Crippen LogP contribution in [0.4, 0.5) is 9.18 Å². The Hall–Kier alpha value is -2.13. The van der Waals surface area contributed by atoms with Crippen molar-refractivity contribution in [2.45, 2.75) is 78.1 Å². The van der Waals surface area contributed by atoms with Gasteiger partial charge in [0.15, 0.2) is 0 Å². The Bertz CT molecular complexity index is 875. The summed E-state index contributed by atoms with van der Waals surface area (Å²) in [6.45, 7) is 14.7. The summed E-state index contributed by atoms with van der Waals surface area (Å²) in [7, 11) is -0.679. The number of hydrogen-bond acceptors (Lipinski definition) is 5. The second-order valence-electron chi connectivity index (χ2n) is 10.9. The van der Waals surface area contributed by atoms with E-state index in [0.717, 1.165) is 12.8 Å². The highest BCUT2D eigenvalue weighted by atomic mass is 19.1. The van der Waals surface area contributed by atoms with E-state index >= 15 is 0 Å². The molecule has 0 saturated carbocycles. The van der Waals surface area contributed by atoms with Crippen molar-refractivity contribution in [2.75, 3.05) is 19.6 Å². The highest BCUT2D eigenvalue weighted by Crippen LogP contribution is 2.36. The fraction of sp³-hybridized carbons (Fsp3) is 0.667. The highest BCUT2D eigenvalue weighted by molar-refractivity contribution is 6.62. The number of amides is 2. The van der Waals surface area contributed by atoms with Crippen molar-refractivity contribution in [3.8, 4) is 0 Å². The summed E-state index contributed by atoms with van der Waals surface area (Å²) in [5, 5.41) is 2.79. The maximum absolute atomic E-state index is 14.9. The van der Waals surface area contributed by atoms with Gasteiger partial charge in [-0.05, 0) is 84.8 Å². The largest absolute Gasteiger partial charge is 0.494 e. The topological polar surface area (TPSA) is 77.1 Å². The number of hydrogen-bond donors (Lipinski definition) is 1. The van der Waals surface area contributed by atoms with Gasteiger partial charge in [0.05, 0.1) is 16.8 Å². The van der Waals surface area contributed by atoms with E-state index in [2.05, 4.69) is 5.32 Å². The van der Waals surface area contributed by atoms with Crippen molar-refractivity contribution < 1.29 is 28.0 Å². The molecule has 0 atom stereocenters. The predicted octanol–water partition coefficient (Wildman–Crippen LogP) is 3.50. The average molecular weight is 462 g/mol. The zero-order chi connectivity index (χ0) is 24.6. The monoisotopic (exact) mass is 462 g/mol. The number of ether oxygens (including phenoxy) is 1. The fourth-order valence-electron chi connectivity index (χ4n) is 3.88. The third kappa shape index (κ3) is 6.06. The molecule has 1 aromatic carbocycles. The molecule has 9 heteroatoms. The number of carbonyl (C=O) groups excluding carboxylic acids is 2. The van der Waals surface area contributed by atoms with Gasteiger partial charge in [0.2, 0.25) is 0 Å². The first-order chi connectivity index (χ1) is 15.2. The molecule has 0 unspecified atom stereocenters. The van der Waals surface area contributed by atoms with Gasteiger partial charge >= 0.3 is 13.2 Å². The molecule has 0 bridgehead atoms. The molecule has 2 aliphatic heterocycles. The molecule has 2 heterocycles. The van der Waals surface area contributed by atoms with Gasteiger partial charge in [-0.1, -0.05) is 6.07 Å². The Morgan fingerprint density at radius 3 is 2.24 bits per heavy atom. The number of piperidine rings is 1. The van der Waals surface area contributed by atoms with Crippen LogP contribution in [0.2, 0.25) is 0 Å². The molecule has 2 amide bonds. The standard InChI is InChI=1S/C24H36BFN2O5/c1-22(2,3)31-21(30)27-15-16-10-12-28(13-11-16)20(29)18-9-8-17(14-19(18)26)25-32-23(4,5)24(6,7)33-25/h8-9,14,16H,10-13,15H2,1-7H3,(H,27,30). The molecule has 0 radical (unpaired) electrons. The van der Waals surface area contributed by atoms with Crippen LogP contribution in [-0.4, -0.2) is 60.5 Å². The molecule has 3 rings (SSSR count). The number of alkyl carbamates (subject to hydrolysis) is 1. The van der Waals surface area contributed by atoms with E-state index in [4.69, 9.17) is 14.0 Å². The van der Waals surface area contributed by atoms with Crippen LogP contribution >= 0.6 is 0 Å². The minimum Gasteiger partial charge on any atom is -0.444 e. The Kier molecular flexibility index (Phi) is 7.15. The first kappa shape index (κ1) is 25.5. The van der Waals surface area contributed by atoms with Gasteiger partial charge < -0.3 is 24.3 Å². The van der Waals surface area contributed by atoms with Crippen LogP contribution in [0.5, 0.6) is 0 Å². The van der Waals surface area contributed by atoms with E-state index in [-0.39, 0.29) is 17.4 Å². The molecule has 1 aromatic rings. The second kappa shape index (κ2) is 9.26. The predicted molar refractivity (Wildman–Crippen MR) is 125 cm³/mol. The van der Waals surface area contributed by atoms with Crippen LogP contribution in [0.25, 0.3) is 0 Å². The van der Waals surface area contributed by atoms with Crippen molar-refractivity contribution in [3.05, 3.63) is 29.6 Å². The SMILES string of the molecule is CC(C)(C)OC(=O)NCC1CCN(C(=O)c2ccc(B3OC(C)(C)C(C)(C)O3)cc2F)CC1. The quantitative estimate of drug-likeness (QED) is 0.694. The lowest BCUT2D eigenvalue weighted by Crippen LogP contribution is -2.42. The van der Waals surface area contributed by atoms with Gasteiger partial charge in [-0.2, -0.15) is 0 Å². The summed E-state index contributed by atoms with van der Waals surface area (Å²) in [5.41, 5.74) is -0.992. The van der Waals surface area contributed by atoms with Gasteiger partial charge in [-0.25, -0.2) is 9.18 Å². The normalized spacial score (nSPS) is 20.6. The van der Waals surface area contributed by atoms with Crippen molar-refractivity contribution in [1.29, 1.82) is 0 Å². The molecule has 182 valence electrons. The zero-order valence-corrected chi connectivity index (χ0v) is 20.8. The number of likely N-dealkylation sites (tertiary alicyclic amines) is 1. The molecule has 7 nitrogen and oxygen atoms in total. The van der Waals surface area contributed by atoms with Crippen molar-refractivity contribution in [1.82, 2.24) is 10.2 Å². The molecule has 0 aromatic heterocycles. The summed E-state index contributed by atoms with van der Waals surface area (Å²) < 4.78 is 32.1. The number of halogens is 1. The van der Waals surface area contributed by atoms with E-state index in [1.54, 1.807) is 11.0 Å². The van der Waals surface area contributed by atoms with Crippen LogP contribution in [-0.2, 0) is 14.0 Å². The van der Waals surface area contributed by atoms with E-state index in [0.29, 0.717) is 25.1 Å². The molecular weight excluding hydrogens is 426 g/mol. The number of carbonyl (C=O) groups is 2. The smallest absolute Gasteiger partial charge is 0.444 e. The Morgan fingerprint density at radius 2 is 1.73 bits per heavy atom. The van der Waals surface area contributed by atoms with Crippen LogP contribution in [0.15, 0.2) is 18.2 Å². The Morgan fingerprint density at radius 1 is 1.15 bits per heavy atom. The fourth-order valence-corrected chi connectivity index (χ4v) is 3.88. The maximum Gasteiger partial charge on any atom is 0.494 e. The molecule has 0 aliphatic carbocycles. The van der Waals surface area contributed by atoms with Gasteiger partial charge in [0.25, 0.3) is 5.91 Å². The molecular formula is C24H36BFN2O5. The van der Waals surface area contributed by atoms with Gasteiger partial charge in [-0.3, -0.25) is 4.79 Å². The summed E-state index contributed by atoms with van der Waals surface area (Å²) in [4.78, 5) is 26.4. The van der Waals surface area contributed by atoms with Gasteiger partial charge in [-0.15, -0.1) is 0 Å². The average Bonchev–Trinajstić information content (AvgIpc) is 2.92. The molecule has 0 spiro atoms. The van der Waals surface area contributed by atoms with E-state index in [1.165, 1.54) is 12.1 Å². The number of nitrogens with zero attached hydrogens (tertiary/aromatic N) is 1. The summed E-state index contributed by atoms with van der Waals surface area (Å²) in [6.07, 6.45) is 1.02. The van der Waals surface area contributed by atoms with E-state index in [9.17, 15) is 14.0 Å². The van der Waals surface area contributed by atoms with Crippen LogP contribution in [0.1, 0.15) is 71.7 Å². The third-order valence-corrected chi connectivity index (χ3v) is 6.58. The first-order valence-corrected chi connectivity index (χ1v) is 11.6. The van der Waals surface area contributed by atoms with E-state index in [1.807, 2.05) is 48.5 Å². The Balaban J connectivity index is 1.54. The van der Waals surface area contributed by atoms with Crippen molar-refractivity contribution in [2.24, 2.45) is 5.92 Å². The van der Waals surface area contributed by atoms with Crippen molar-refractivity contribution in [3.63, 3.8) is 0 Å². The lowest BCUT2D eigenvalue weighted by atomic mass is 9.78. The Labute approximate surface area is 196 Å². The van der Waals surface area contributed by atoms with E-state index < -0.39 is 35.8 Å². The molecule has 2 fully saturated rings. The summed E-state index contributed by atoms with van der Waals surface area (Å²) in [6, 6.07) is 4.52. The number of nitrogens with one attached hydrogen (secondary N) is 1.